The summed E-state index contributed by atoms with van der Waals surface area (Å²) in [5.74, 6) is -0.872. The van der Waals surface area contributed by atoms with Crippen molar-refractivity contribution in [2.24, 2.45) is 5.92 Å². The minimum Gasteiger partial charge on any atom is -0.491 e. The molecule has 0 saturated carbocycles. The van der Waals surface area contributed by atoms with Crippen LogP contribution in [0.3, 0.4) is 0 Å². The highest BCUT2D eigenvalue weighted by Gasteiger charge is 2.29. The van der Waals surface area contributed by atoms with Gasteiger partial charge in [0.15, 0.2) is 0 Å². The maximum absolute atomic E-state index is 13.4. The number of ether oxygens (including phenoxy) is 2. The van der Waals surface area contributed by atoms with Crippen molar-refractivity contribution in [3.63, 3.8) is 0 Å². The lowest BCUT2D eigenvalue weighted by molar-refractivity contribution is -0.115. The number of nitrogens with zero attached hydrogens (tertiary/aromatic N) is 2. The Balaban J connectivity index is 1.97. The number of nitrogens with one attached hydrogen (secondary N) is 1. The number of carboxylic acid groups (broad SMARTS) is 1. The average molecular weight is 512 g/mol. The number of rotatable bonds is 6. The molecule has 0 spiro atoms. The molecule has 3 atom stereocenters. The minimum absolute atomic E-state index is 0.0359. The van der Waals surface area contributed by atoms with Gasteiger partial charge in [-0.05, 0) is 42.7 Å². The van der Waals surface area contributed by atoms with Crippen LogP contribution in [0.4, 0.5) is 5.69 Å². The number of carboxylic acids is 1. The van der Waals surface area contributed by atoms with Crippen molar-refractivity contribution in [3.8, 4) is 5.75 Å². The Morgan fingerprint density at radius 3 is 2.57 bits per heavy atom. The van der Waals surface area contributed by atoms with Gasteiger partial charge in [-0.3, -0.25) is 14.5 Å². The number of hydrogen-bond donors (Lipinski definition) is 2. The third-order valence-electron chi connectivity index (χ3n) is 6.80. The summed E-state index contributed by atoms with van der Waals surface area (Å²) in [6.45, 7) is 7.53. The second-order valence-corrected chi connectivity index (χ2v) is 9.60. The second kappa shape index (κ2) is 12.7. The molecule has 9 heteroatoms. The first kappa shape index (κ1) is 28.1. The highest BCUT2D eigenvalue weighted by atomic mass is 16.5. The summed E-state index contributed by atoms with van der Waals surface area (Å²) < 4.78 is 12.0. The number of methoxy groups -OCH3 is 1. The number of anilines is 1. The first-order valence-corrected chi connectivity index (χ1v) is 12.5. The van der Waals surface area contributed by atoms with Gasteiger partial charge in [0, 0.05) is 51.9 Å². The number of likely N-dealkylation sites (N-methyl/N-ethyl adjacent to an activating group) is 1. The third kappa shape index (κ3) is 7.08. The summed E-state index contributed by atoms with van der Waals surface area (Å²) in [7, 11) is 3.35. The minimum atomic E-state index is -0.961. The number of carbonyl (C=O) groups excluding carboxylic acids is 2. The molecule has 37 heavy (non-hydrogen) atoms. The van der Waals surface area contributed by atoms with Crippen LogP contribution >= 0.6 is 0 Å². The largest absolute Gasteiger partial charge is 0.491 e. The van der Waals surface area contributed by atoms with E-state index in [0.717, 1.165) is 5.56 Å². The zero-order chi connectivity index (χ0) is 27.1. The van der Waals surface area contributed by atoms with E-state index in [1.54, 1.807) is 56.3 Å². The molecule has 0 aromatic heterocycles. The van der Waals surface area contributed by atoms with E-state index < -0.39 is 5.97 Å². The lowest BCUT2D eigenvalue weighted by Crippen LogP contribution is -2.46. The van der Waals surface area contributed by atoms with Crippen LogP contribution in [0.5, 0.6) is 5.75 Å². The monoisotopic (exact) mass is 511 g/mol. The highest BCUT2D eigenvalue weighted by molar-refractivity contribution is 5.99. The molecule has 0 bridgehead atoms. The van der Waals surface area contributed by atoms with Gasteiger partial charge in [0.2, 0.25) is 5.91 Å². The van der Waals surface area contributed by atoms with E-state index >= 15 is 0 Å². The number of aromatic carboxylic acids is 1. The van der Waals surface area contributed by atoms with Crippen LogP contribution in [0.15, 0.2) is 42.5 Å². The van der Waals surface area contributed by atoms with Crippen LogP contribution in [0.1, 0.15) is 53.5 Å². The van der Waals surface area contributed by atoms with Gasteiger partial charge in [-0.2, -0.15) is 0 Å². The Labute approximate surface area is 218 Å². The van der Waals surface area contributed by atoms with Crippen LogP contribution < -0.4 is 10.1 Å². The van der Waals surface area contributed by atoms with Crippen molar-refractivity contribution in [1.29, 1.82) is 0 Å². The van der Waals surface area contributed by atoms with Gasteiger partial charge in [0.05, 0.1) is 17.2 Å². The van der Waals surface area contributed by atoms with Gasteiger partial charge in [-0.25, -0.2) is 4.79 Å². The zero-order valence-electron chi connectivity index (χ0n) is 22.2. The predicted molar refractivity (Wildman–Crippen MR) is 141 cm³/mol. The Kier molecular flexibility index (Phi) is 9.66. The fraction of sp³-hybridized carbons (Fsp3) is 0.464. The zero-order valence-corrected chi connectivity index (χ0v) is 22.2. The van der Waals surface area contributed by atoms with E-state index in [2.05, 4.69) is 17.1 Å². The average Bonchev–Trinajstić information content (AvgIpc) is 2.89. The molecule has 1 aliphatic heterocycles. The van der Waals surface area contributed by atoms with E-state index in [0.29, 0.717) is 43.1 Å². The summed E-state index contributed by atoms with van der Waals surface area (Å²) in [5, 5.41) is 12.5. The summed E-state index contributed by atoms with van der Waals surface area (Å²) in [6.07, 6.45) is 0.0813. The SMILES string of the molecule is CCC(=O)Nc1ccc2c(c1)C(=O)N(C)C[C@@H](OC)[C@@H](C)CN(Cc1ccccc1C(=O)O)[C@H](C)CO2. The molecular formula is C28H37N3O6. The van der Waals surface area contributed by atoms with Crippen LogP contribution in [0.2, 0.25) is 0 Å². The molecule has 9 nitrogen and oxygen atoms in total. The third-order valence-corrected chi connectivity index (χ3v) is 6.80. The van der Waals surface area contributed by atoms with Gasteiger partial charge in [0.25, 0.3) is 5.91 Å². The summed E-state index contributed by atoms with van der Waals surface area (Å²) in [5.41, 5.74) is 1.88. The molecule has 2 aromatic rings. The summed E-state index contributed by atoms with van der Waals surface area (Å²) in [4.78, 5) is 40.9. The number of amides is 2. The molecule has 0 unspecified atom stereocenters. The Bertz CT molecular complexity index is 1120. The molecule has 200 valence electrons. The Morgan fingerprint density at radius 1 is 1.16 bits per heavy atom. The van der Waals surface area contributed by atoms with Crippen LogP contribution in [-0.2, 0) is 16.1 Å². The van der Waals surface area contributed by atoms with Crippen LogP contribution in [0.25, 0.3) is 0 Å². The van der Waals surface area contributed by atoms with Crippen molar-refractivity contribution >= 4 is 23.5 Å². The number of hydrogen-bond acceptors (Lipinski definition) is 6. The molecule has 2 amide bonds. The molecule has 0 saturated heterocycles. The molecular weight excluding hydrogens is 474 g/mol. The quantitative estimate of drug-likeness (QED) is 0.608. The first-order chi connectivity index (χ1) is 17.6. The fourth-order valence-corrected chi connectivity index (χ4v) is 4.48. The van der Waals surface area contributed by atoms with Gasteiger partial charge >= 0.3 is 5.97 Å². The van der Waals surface area contributed by atoms with Crippen LogP contribution in [-0.4, -0.2) is 78.7 Å². The first-order valence-electron chi connectivity index (χ1n) is 12.5. The summed E-state index contributed by atoms with van der Waals surface area (Å²) >= 11 is 0. The number of benzene rings is 2. The Morgan fingerprint density at radius 2 is 1.89 bits per heavy atom. The highest BCUT2D eigenvalue weighted by Crippen LogP contribution is 2.27. The maximum atomic E-state index is 13.4. The van der Waals surface area contributed by atoms with Gasteiger partial charge < -0.3 is 24.8 Å². The smallest absolute Gasteiger partial charge is 0.336 e. The molecule has 2 N–H and O–H groups in total. The standard InChI is InChI=1S/C28H37N3O6/c1-6-26(32)29-21-11-12-24-23(13-21)27(33)30(4)16-25(36-5)18(2)14-31(19(3)17-37-24)15-20-9-7-8-10-22(20)28(34)35/h7-13,18-19,25H,6,14-17H2,1-5H3,(H,29,32)(H,34,35)/t18-,19+,25+/m0/s1. The molecule has 0 radical (unpaired) electrons. The molecule has 0 fully saturated rings. The number of carbonyl (C=O) groups is 3. The van der Waals surface area contributed by atoms with E-state index in [-0.39, 0.29) is 42.0 Å². The maximum Gasteiger partial charge on any atom is 0.336 e. The predicted octanol–water partition coefficient (Wildman–Crippen LogP) is 3.74. The lowest BCUT2D eigenvalue weighted by Gasteiger charge is -2.36. The van der Waals surface area contributed by atoms with E-state index in [9.17, 15) is 19.5 Å². The normalized spacial score (nSPS) is 21.3. The van der Waals surface area contributed by atoms with Crippen molar-refractivity contribution in [1.82, 2.24) is 9.80 Å². The summed E-state index contributed by atoms with van der Waals surface area (Å²) in [6, 6.07) is 12.0. The molecule has 2 aromatic carbocycles. The fourth-order valence-electron chi connectivity index (χ4n) is 4.48. The van der Waals surface area contributed by atoms with E-state index in [4.69, 9.17) is 9.47 Å². The van der Waals surface area contributed by atoms with Crippen molar-refractivity contribution in [2.45, 2.75) is 45.9 Å². The lowest BCUT2D eigenvalue weighted by atomic mass is 10.00. The van der Waals surface area contributed by atoms with E-state index in [1.165, 1.54) is 0 Å². The van der Waals surface area contributed by atoms with Crippen LogP contribution in [0, 0.1) is 5.92 Å². The number of fused-ring (bicyclic) bond motifs is 1. The second-order valence-electron chi connectivity index (χ2n) is 9.60. The van der Waals surface area contributed by atoms with Gasteiger partial charge in [-0.15, -0.1) is 0 Å². The van der Waals surface area contributed by atoms with Gasteiger partial charge in [-0.1, -0.05) is 32.0 Å². The molecule has 1 aliphatic rings. The topological polar surface area (TPSA) is 108 Å². The van der Waals surface area contributed by atoms with Gasteiger partial charge in [0.1, 0.15) is 12.4 Å². The van der Waals surface area contributed by atoms with Crippen molar-refractivity contribution in [3.05, 3.63) is 59.2 Å². The Hall–Kier alpha value is -3.43. The molecule has 1 heterocycles. The molecule has 0 aliphatic carbocycles. The van der Waals surface area contributed by atoms with Crippen molar-refractivity contribution in [2.75, 3.05) is 39.2 Å². The van der Waals surface area contributed by atoms with Crippen molar-refractivity contribution < 1.29 is 29.0 Å². The molecule has 3 rings (SSSR count). The van der Waals surface area contributed by atoms with E-state index in [1.807, 2.05) is 19.1 Å².